The van der Waals surface area contributed by atoms with E-state index in [9.17, 15) is 37.5 Å². The number of pyridine rings is 1. The van der Waals surface area contributed by atoms with Crippen LogP contribution < -0.4 is 15.0 Å². The number of ether oxygens (including phenoxy) is 1. The fourth-order valence-electron chi connectivity index (χ4n) is 4.59. The summed E-state index contributed by atoms with van der Waals surface area (Å²) in [5.74, 6) is -2.42. The van der Waals surface area contributed by atoms with E-state index in [1.165, 1.54) is 15.6 Å². The third kappa shape index (κ3) is 8.61. The van der Waals surface area contributed by atoms with Crippen LogP contribution in [0.4, 0.5) is 19.0 Å². The number of alkyl halides is 3. The van der Waals surface area contributed by atoms with Gasteiger partial charge in [-0.1, -0.05) is 39.0 Å². The van der Waals surface area contributed by atoms with Crippen molar-refractivity contribution >= 4 is 29.4 Å². The molecule has 3 heterocycles. The van der Waals surface area contributed by atoms with E-state index in [-0.39, 0.29) is 62.4 Å². The van der Waals surface area contributed by atoms with Crippen LogP contribution in [0.2, 0.25) is 0 Å². The standard InChI is InChI=1S/C31H35F3N6O6/c1-30(2,3)24(41)19-46-26-18-23(37-40(26)21-7-5-4-6-8-21)28(44)36-22(9-10-27(42)43)29(45)39-15-13-38(14-16-39)25-17-20(11-12-35-25)31(32,33)34/h4-8,11-12,17-18,22H,9-10,13-16,19H2,1-3H3,(H,36,44)(H,42,43). The molecule has 1 fully saturated rings. The molecule has 1 aliphatic heterocycles. The number of carboxylic acid groups (broad SMARTS) is 1. The predicted molar refractivity (Wildman–Crippen MR) is 160 cm³/mol. The number of carbonyl (C=O) groups excluding carboxylic acids is 3. The Morgan fingerprint density at radius 2 is 1.67 bits per heavy atom. The lowest BCUT2D eigenvalue weighted by Gasteiger charge is -2.37. The molecular weight excluding hydrogens is 609 g/mol. The molecular formula is C31H35F3N6O6. The smallest absolute Gasteiger partial charge is 0.416 e. The molecule has 1 aliphatic rings. The Morgan fingerprint density at radius 1 is 1.00 bits per heavy atom. The Hall–Kier alpha value is -4.95. The van der Waals surface area contributed by atoms with Gasteiger partial charge in [-0.2, -0.15) is 18.3 Å². The molecule has 3 aromatic rings. The highest BCUT2D eigenvalue weighted by Gasteiger charge is 2.33. The number of hydrogen-bond acceptors (Lipinski definition) is 8. The number of benzene rings is 1. The highest BCUT2D eigenvalue weighted by molar-refractivity contribution is 5.96. The van der Waals surface area contributed by atoms with Crippen LogP contribution in [0.25, 0.3) is 5.69 Å². The van der Waals surface area contributed by atoms with E-state index >= 15 is 0 Å². The third-order valence-electron chi connectivity index (χ3n) is 7.34. The van der Waals surface area contributed by atoms with Gasteiger partial charge >= 0.3 is 12.1 Å². The van der Waals surface area contributed by atoms with Crippen LogP contribution in [-0.2, 0) is 20.6 Å². The quantitative estimate of drug-likeness (QED) is 0.320. The number of amides is 2. The summed E-state index contributed by atoms with van der Waals surface area (Å²) in [6.07, 6.45) is -4.07. The minimum atomic E-state index is -4.53. The summed E-state index contributed by atoms with van der Waals surface area (Å²) in [4.78, 5) is 57.9. The van der Waals surface area contributed by atoms with Gasteiger partial charge < -0.3 is 25.0 Å². The van der Waals surface area contributed by atoms with Gasteiger partial charge in [-0.15, -0.1) is 0 Å². The molecule has 2 aromatic heterocycles. The Kier molecular flexibility index (Phi) is 10.3. The largest absolute Gasteiger partial charge is 0.481 e. The molecule has 0 aliphatic carbocycles. The second-order valence-electron chi connectivity index (χ2n) is 11.7. The average Bonchev–Trinajstić information content (AvgIpc) is 3.45. The Balaban J connectivity index is 1.49. The SMILES string of the molecule is CC(C)(C)C(=O)COc1cc(C(=O)NC(CCC(=O)O)C(=O)N2CCN(c3cc(C(F)(F)F)ccn3)CC2)nn1-c1ccccc1. The molecule has 2 amide bonds. The fraction of sp³-hybridized carbons (Fsp3) is 0.419. The number of anilines is 1. The van der Waals surface area contributed by atoms with Crippen molar-refractivity contribution < 1.29 is 42.2 Å². The van der Waals surface area contributed by atoms with Crippen molar-refractivity contribution in [2.24, 2.45) is 5.41 Å². The Labute approximate surface area is 263 Å². The van der Waals surface area contributed by atoms with E-state index in [0.29, 0.717) is 5.69 Å². The van der Waals surface area contributed by atoms with Crippen molar-refractivity contribution in [2.75, 3.05) is 37.7 Å². The maximum Gasteiger partial charge on any atom is 0.416 e. The zero-order valence-corrected chi connectivity index (χ0v) is 25.6. The van der Waals surface area contributed by atoms with E-state index in [1.54, 1.807) is 56.0 Å². The van der Waals surface area contributed by atoms with Crippen LogP contribution in [0, 0.1) is 5.41 Å². The molecule has 12 nitrogen and oxygen atoms in total. The van der Waals surface area contributed by atoms with E-state index < -0.39 is 47.4 Å². The lowest BCUT2D eigenvalue weighted by Crippen LogP contribution is -2.55. The normalized spacial score (nSPS) is 14.5. The molecule has 0 radical (unpaired) electrons. The number of halogens is 3. The summed E-state index contributed by atoms with van der Waals surface area (Å²) < 4.78 is 46.6. The number of Topliss-reactive ketones (excluding diaryl/α,β-unsaturated/α-hetero) is 1. The van der Waals surface area contributed by atoms with Crippen molar-refractivity contribution in [3.63, 3.8) is 0 Å². The first kappa shape index (κ1) is 33.9. The summed E-state index contributed by atoms with van der Waals surface area (Å²) in [7, 11) is 0. The molecule has 15 heteroatoms. The second kappa shape index (κ2) is 14.0. The Bertz CT molecular complexity index is 1560. The molecule has 0 spiro atoms. The van der Waals surface area contributed by atoms with Crippen LogP contribution >= 0.6 is 0 Å². The second-order valence-corrected chi connectivity index (χ2v) is 11.7. The maximum atomic E-state index is 13.5. The minimum absolute atomic E-state index is 0.110. The highest BCUT2D eigenvalue weighted by Crippen LogP contribution is 2.31. The van der Waals surface area contributed by atoms with Crippen LogP contribution in [0.3, 0.4) is 0 Å². The van der Waals surface area contributed by atoms with Gasteiger partial charge in [0.05, 0.1) is 11.3 Å². The van der Waals surface area contributed by atoms with Crippen molar-refractivity contribution in [3.05, 3.63) is 66.0 Å². The molecule has 0 saturated carbocycles. The maximum absolute atomic E-state index is 13.5. The number of hydrogen-bond donors (Lipinski definition) is 2. The van der Waals surface area contributed by atoms with E-state index in [2.05, 4.69) is 15.4 Å². The van der Waals surface area contributed by atoms with E-state index in [4.69, 9.17) is 4.74 Å². The van der Waals surface area contributed by atoms with Crippen LogP contribution in [0.15, 0.2) is 54.7 Å². The zero-order chi connectivity index (χ0) is 33.6. The number of carbonyl (C=O) groups is 4. The summed E-state index contributed by atoms with van der Waals surface area (Å²) in [5.41, 5.74) is -1.08. The average molecular weight is 645 g/mol. The molecule has 246 valence electrons. The molecule has 0 bridgehead atoms. The molecule has 2 N–H and O–H groups in total. The fourth-order valence-corrected chi connectivity index (χ4v) is 4.59. The number of aliphatic carboxylic acids is 1. The van der Waals surface area contributed by atoms with Crippen molar-refractivity contribution in [1.29, 1.82) is 0 Å². The first-order valence-corrected chi connectivity index (χ1v) is 14.5. The molecule has 1 aromatic carbocycles. The first-order valence-electron chi connectivity index (χ1n) is 14.5. The van der Waals surface area contributed by atoms with E-state index in [1.807, 2.05) is 0 Å². The van der Waals surface area contributed by atoms with Gasteiger partial charge in [-0.25, -0.2) is 9.67 Å². The van der Waals surface area contributed by atoms with Crippen molar-refractivity contribution in [3.8, 4) is 11.6 Å². The monoisotopic (exact) mass is 644 g/mol. The van der Waals surface area contributed by atoms with Gasteiger partial charge in [0.1, 0.15) is 18.5 Å². The molecule has 4 rings (SSSR count). The highest BCUT2D eigenvalue weighted by atomic mass is 19.4. The molecule has 1 unspecified atom stereocenters. The molecule has 1 saturated heterocycles. The number of piperazine rings is 1. The lowest BCUT2D eigenvalue weighted by molar-refractivity contribution is -0.138. The van der Waals surface area contributed by atoms with Gasteiger partial charge in [0, 0.05) is 50.3 Å². The predicted octanol–water partition coefficient (Wildman–Crippen LogP) is 3.59. The van der Waals surface area contributed by atoms with Crippen molar-refractivity contribution in [1.82, 2.24) is 25.0 Å². The number of nitrogens with zero attached hydrogens (tertiary/aromatic N) is 5. The zero-order valence-electron chi connectivity index (χ0n) is 25.6. The van der Waals surface area contributed by atoms with Crippen molar-refractivity contribution in [2.45, 2.75) is 45.8 Å². The number of ketones is 1. The third-order valence-corrected chi connectivity index (χ3v) is 7.34. The number of carboxylic acids is 1. The van der Waals surface area contributed by atoms with Gasteiger partial charge in [0.15, 0.2) is 11.5 Å². The summed E-state index contributed by atoms with van der Waals surface area (Å²) in [6.45, 7) is 5.56. The van der Waals surface area contributed by atoms with Gasteiger partial charge in [-0.05, 0) is 30.7 Å². The summed E-state index contributed by atoms with van der Waals surface area (Å²) in [6, 6.07) is 10.7. The number of nitrogens with one attached hydrogen (secondary N) is 1. The summed E-state index contributed by atoms with van der Waals surface area (Å²) in [5, 5.41) is 16.2. The van der Waals surface area contributed by atoms with Gasteiger partial charge in [0.25, 0.3) is 5.91 Å². The molecule has 46 heavy (non-hydrogen) atoms. The van der Waals surface area contributed by atoms with Crippen LogP contribution in [0.5, 0.6) is 5.88 Å². The first-order chi connectivity index (χ1) is 21.6. The number of rotatable bonds is 11. The van der Waals surface area contributed by atoms with Gasteiger partial charge in [0.2, 0.25) is 11.8 Å². The summed E-state index contributed by atoms with van der Waals surface area (Å²) >= 11 is 0. The molecule has 1 atom stereocenters. The van der Waals surface area contributed by atoms with Crippen LogP contribution in [0.1, 0.15) is 49.7 Å². The van der Waals surface area contributed by atoms with Crippen LogP contribution in [-0.4, -0.2) is 87.2 Å². The number of aromatic nitrogens is 3. The van der Waals surface area contributed by atoms with Gasteiger partial charge in [-0.3, -0.25) is 19.2 Å². The lowest BCUT2D eigenvalue weighted by atomic mass is 9.91. The minimum Gasteiger partial charge on any atom is -0.481 e. The number of para-hydroxylation sites is 1. The van der Waals surface area contributed by atoms with E-state index in [0.717, 1.165) is 18.3 Å². The Morgan fingerprint density at radius 3 is 2.28 bits per heavy atom. The topological polar surface area (TPSA) is 147 Å².